The fourth-order valence-electron chi connectivity index (χ4n) is 3.22. The van der Waals surface area contributed by atoms with Gasteiger partial charge in [0.25, 0.3) is 5.56 Å². The van der Waals surface area contributed by atoms with E-state index in [-0.39, 0.29) is 17.1 Å². The van der Waals surface area contributed by atoms with E-state index < -0.39 is 6.10 Å². The van der Waals surface area contributed by atoms with Crippen LogP contribution in [0.1, 0.15) is 25.0 Å². The summed E-state index contributed by atoms with van der Waals surface area (Å²) in [5.74, 6) is 0.378. The Morgan fingerprint density at radius 1 is 1.18 bits per heavy atom. The van der Waals surface area contributed by atoms with E-state index in [2.05, 4.69) is 10.2 Å². The average Bonchev–Trinajstić information content (AvgIpc) is 3.13. The number of benzene rings is 2. The number of aromatic nitrogens is 4. The van der Waals surface area contributed by atoms with E-state index >= 15 is 0 Å². The van der Waals surface area contributed by atoms with Gasteiger partial charge in [-0.1, -0.05) is 43.0 Å². The van der Waals surface area contributed by atoms with Gasteiger partial charge in [-0.2, -0.15) is 0 Å². The number of aliphatic hydroxyl groups excluding tert-OH is 1. The zero-order valence-electron chi connectivity index (χ0n) is 15.2. The minimum atomic E-state index is -0.846. The first-order valence-corrected chi connectivity index (χ1v) is 10.0. The summed E-state index contributed by atoms with van der Waals surface area (Å²) in [6, 6.07) is 13.3. The number of thioether (sulfide) groups is 1. The molecule has 6 nitrogen and oxygen atoms in total. The first kappa shape index (κ1) is 18.6. The molecule has 1 atom stereocenters. The van der Waals surface area contributed by atoms with Crippen LogP contribution in [0.3, 0.4) is 0 Å². The van der Waals surface area contributed by atoms with Gasteiger partial charge in [0.1, 0.15) is 5.82 Å². The molecule has 0 amide bonds. The molecule has 28 heavy (non-hydrogen) atoms. The number of para-hydroxylation sites is 1. The SMILES string of the molecule is CCCn1c(=O)c2ccccc2n2c(SCC(O)c3cccc(F)c3)nnc12. The smallest absolute Gasteiger partial charge is 0.262 e. The lowest BCUT2D eigenvalue weighted by Crippen LogP contribution is -2.23. The fraction of sp³-hybridized carbons (Fsp3) is 0.250. The number of aliphatic hydroxyl groups is 1. The van der Waals surface area contributed by atoms with Crippen molar-refractivity contribution in [2.45, 2.75) is 31.1 Å². The third kappa shape index (κ3) is 3.29. The summed E-state index contributed by atoms with van der Waals surface area (Å²) in [5, 5.41) is 20.1. The minimum Gasteiger partial charge on any atom is -0.388 e. The molecule has 2 heterocycles. The minimum absolute atomic E-state index is 0.0892. The zero-order chi connectivity index (χ0) is 19.7. The second kappa shape index (κ2) is 7.73. The van der Waals surface area contributed by atoms with Gasteiger partial charge in [0, 0.05) is 12.3 Å². The van der Waals surface area contributed by atoms with Gasteiger partial charge in [-0.3, -0.25) is 13.8 Å². The molecule has 0 radical (unpaired) electrons. The van der Waals surface area contributed by atoms with Crippen LogP contribution < -0.4 is 5.56 Å². The van der Waals surface area contributed by atoms with Crippen molar-refractivity contribution in [2.75, 3.05) is 5.75 Å². The number of rotatable bonds is 6. The molecule has 0 spiro atoms. The predicted molar refractivity (Wildman–Crippen MR) is 107 cm³/mol. The topological polar surface area (TPSA) is 72.4 Å². The van der Waals surface area contributed by atoms with Crippen LogP contribution in [0.5, 0.6) is 0 Å². The monoisotopic (exact) mass is 398 g/mol. The lowest BCUT2D eigenvalue weighted by molar-refractivity contribution is 0.203. The Hall–Kier alpha value is -2.71. The Balaban J connectivity index is 1.75. The van der Waals surface area contributed by atoms with E-state index in [9.17, 15) is 14.3 Å². The van der Waals surface area contributed by atoms with Crippen molar-refractivity contribution in [1.29, 1.82) is 0 Å². The maximum Gasteiger partial charge on any atom is 0.262 e. The summed E-state index contributed by atoms with van der Waals surface area (Å²) in [6.07, 6.45) is -0.0532. The molecule has 0 fully saturated rings. The second-order valence-electron chi connectivity index (χ2n) is 6.47. The largest absolute Gasteiger partial charge is 0.388 e. The maximum absolute atomic E-state index is 13.4. The highest BCUT2D eigenvalue weighted by atomic mass is 32.2. The zero-order valence-corrected chi connectivity index (χ0v) is 16.1. The Kier molecular flexibility index (Phi) is 5.15. The highest BCUT2D eigenvalue weighted by molar-refractivity contribution is 7.99. The molecule has 0 saturated carbocycles. The normalized spacial score (nSPS) is 12.7. The third-order valence-electron chi connectivity index (χ3n) is 4.53. The van der Waals surface area contributed by atoms with Crippen LogP contribution in [0.25, 0.3) is 16.7 Å². The first-order valence-electron chi connectivity index (χ1n) is 9.03. The predicted octanol–water partition coefficient (Wildman–Crippen LogP) is 3.42. The first-order chi connectivity index (χ1) is 13.6. The van der Waals surface area contributed by atoms with Crippen LogP contribution in [0.4, 0.5) is 4.39 Å². The van der Waals surface area contributed by atoms with Crippen molar-refractivity contribution in [1.82, 2.24) is 19.2 Å². The molecule has 2 aromatic heterocycles. The van der Waals surface area contributed by atoms with Gasteiger partial charge in [0.2, 0.25) is 5.78 Å². The third-order valence-corrected chi connectivity index (χ3v) is 5.53. The Morgan fingerprint density at radius 3 is 2.79 bits per heavy atom. The van der Waals surface area contributed by atoms with Crippen LogP contribution in [0.2, 0.25) is 0 Å². The Labute approximate surface area is 164 Å². The maximum atomic E-state index is 13.4. The molecule has 1 N–H and O–H groups in total. The average molecular weight is 398 g/mol. The van der Waals surface area contributed by atoms with E-state index in [4.69, 9.17) is 0 Å². The highest BCUT2D eigenvalue weighted by Gasteiger charge is 2.18. The summed E-state index contributed by atoms with van der Waals surface area (Å²) >= 11 is 1.31. The molecule has 0 bridgehead atoms. The van der Waals surface area contributed by atoms with Gasteiger partial charge in [0.05, 0.1) is 17.0 Å². The lowest BCUT2D eigenvalue weighted by atomic mass is 10.1. The van der Waals surface area contributed by atoms with Gasteiger partial charge >= 0.3 is 0 Å². The van der Waals surface area contributed by atoms with Crippen molar-refractivity contribution in [3.8, 4) is 0 Å². The molecule has 4 aromatic rings. The van der Waals surface area contributed by atoms with Gasteiger partial charge in [-0.25, -0.2) is 4.39 Å². The van der Waals surface area contributed by atoms with Crippen LogP contribution in [0.15, 0.2) is 58.5 Å². The molecule has 1 unspecified atom stereocenters. The van der Waals surface area contributed by atoms with Crippen molar-refractivity contribution in [3.63, 3.8) is 0 Å². The molecule has 0 aliphatic rings. The molecule has 0 aliphatic carbocycles. The van der Waals surface area contributed by atoms with E-state index in [1.807, 2.05) is 29.5 Å². The Bertz CT molecular complexity index is 1200. The number of hydrogen-bond acceptors (Lipinski definition) is 5. The van der Waals surface area contributed by atoms with Gasteiger partial charge in [-0.15, -0.1) is 10.2 Å². The summed E-state index contributed by atoms with van der Waals surface area (Å²) in [7, 11) is 0. The summed E-state index contributed by atoms with van der Waals surface area (Å²) in [5.41, 5.74) is 1.14. The van der Waals surface area contributed by atoms with Crippen LogP contribution in [-0.4, -0.2) is 30.0 Å². The number of halogens is 1. The van der Waals surface area contributed by atoms with Crippen molar-refractivity contribution in [3.05, 3.63) is 70.3 Å². The molecule has 0 saturated heterocycles. The molecular formula is C20H19FN4O2S. The number of aryl methyl sites for hydroxylation is 1. The molecule has 2 aromatic carbocycles. The van der Waals surface area contributed by atoms with Crippen LogP contribution >= 0.6 is 11.8 Å². The summed E-state index contributed by atoms with van der Waals surface area (Å²) < 4.78 is 16.9. The van der Waals surface area contributed by atoms with Gasteiger partial charge < -0.3 is 5.11 Å². The second-order valence-corrected chi connectivity index (χ2v) is 7.46. The van der Waals surface area contributed by atoms with Crippen molar-refractivity contribution in [2.24, 2.45) is 0 Å². The Morgan fingerprint density at radius 2 is 2.00 bits per heavy atom. The van der Waals surface area contributed by atoms with Gasteiger partial charge in [-0.05, 0) is 36.2 Å². The molecule has 4 rings (SSSR count). The van der Waals surface area contributed by atoms with E-state index in [1.54, 1.807) is 22.8 Å². The summed E-state index contributed by atoms with van der Waals surface area (Å²) in [6.45, 7) is 2.54. The standard InChI is InChI=1S/C20H19FN4O2S/c1-2-10-24-18(27)15-8-3-4-9-16(15)25-19(24)22-23-20(25)28-12-17(26)13-6-5-7-14(21)11-13/h3-9,11,17,26H,2,10,12H2,1H3. The van der Waals surface area contributed by atoms with Crippen molar-refractivity contribution < 1.29 is 9.50 Å². The van der Waals surface area contributed by atoms with Gasteiger partial charge in [0.15, 0.2) is 5.16 Å². The van der Waals surface area contributed by atoms with E-state index in [1.165, 1.54) is 23.9 Å². The highest BCUT2D eigenvalue weighted by Crippen LogP contribution is 2.26. The lowest BCUT2D eigenvalue weighted by Gasteiger charge is -2.12. The summed E-state index contributed by atoms with van der Waals surface area (Å²) in [4.78, 5) is 12.8. The molecular weight excluding hydrogens is 379 g/mol. The molecule has 8 heteroatoms. The molecule has 144 valence electrons. The quantitative estimate of drug-likeness (QED) is 0.504. The number of hydrogen-bond donors (Lipinski definition) is 1. The van der Waals surface area contributed by atoms with Crippen LogP contribution in [-0.2, 0) is 6.54 Å². The number of fused-ring (bicyclic) bond motifs is 3. The van der Waals surface area contributed by atoms with Crippen LogP contribution in [0, 0.1) is 5.82 Å². The van der Waals surface area contributed by atoms with E-state index in [0.717, 1.165) is 11.9 Å². The fourth-order valence-corrected chi connectivity index (χ4v) is 4.12. The molecule has 0 aliphatic heterocycles. The van der Waals surface area contributed by atoms with E-state index in [0.29, 0.717) is 28.4 Å². The number of nitrogens with zero attached hydrogens (tertiary/aromatic N) is 4. The van der Waals surface area contributed by atoms with Crippen molar-refractivity contribution >= 4 is 28.4 Å².